The first-order valence-corrected chi connectivity index (χ1v) is 6.35. The van der Waals surface area contributed by atoms with E-state index in [-0.39, 0.29) is 11.4 Å². The van der Waals surface area contributed by atoms with E-state index in [1.54, 1.807) is 31.4 Å². The Morgan fingerprint density at radius 1 is 1.36 bits per heavy atom. The van der Waals surface area contributed by atoms with Crippen LogP contribution >= 0.6 is 0 Å². The lowest BCUT2D eigenvalue weighted by Crippen LogP contribution is -1.94. The Morgan fingerprint density at radius 2 is 2.18 bits per heavy atom. The first kappa shape index (κ1) is 13.6. The molecule has 108 valence electrons. The van der Waals surface area contributed by atoms with Crippen LogP contribution in [0.3, 0.4) is 0 Å². The van der Waals surface area contributed by atoms with Crippen molar-refractivity contribution in [1.29, 1.82) is 5.26 Å². The number of nitriles is 1. The van der Waals surface area contributed by atoms with E-state index in [9.17, 15) is 15.4 Å². The van der Waals surface area contributed by atoms with Crippen LogP contribution in [-0.4, -0.2) is 21.4 Å². The highest BCUT2D eigenvalue weighted by atomic mass is 16.6. The molecule has 7 heteroatoms. The van der Waals surface area contributed by atoms with Crippen molar-refractivity contribution in [3.8, 4) is 23.1 Å². The minimum Gasteiger partial charge on any atom is -0.497 e. The van der Waals surface area contributed by atoms with Crippen LogP contribution in [0.15, 0.2) is 42.6 Å². The number of benzene rings is 1. The van der Waals surface area contributed by atoms with E-state index in [1.165, 1.54) is 22.7 Å². The van der Waals surface area contributed by atoms with Crippen LogP contribution in [0.1, 0.15) is 5.69 Å². The SMILES string of the molecule is COc1cccc(-c2nc3ccc([N+](=O)[O-])cn3c2C#N)c1. The number of fused-ring (bicyclic) bond motifs is 1. The van der Waals surface area contributed by atoms with Gasteiger partial charge in [0, 0.05) is 11.6 Å². The van der Waals surface area contributed by atoms with Crippen LogP contribution in [0.4, 0.5) is 5.69 Å². The number of hydrogen-bond acceptors (Lipinski definition) is 5. The molecule has 2 heterocycles. The summed E-state index contributed by atoms with van der Waals surface area (Å²) in [6.45, 7) is 0. The Balaban J connectivity index is 2.26. The van der Waals surface area contributed by atoms with Gasteiger partial charge in [-0.2, -0.15) is 5.26 Å². The maximum absolute atomic E-state index is 10.9. The molecule has 0 bridgehead atoms. The number of nitro groups is 1. The molecule has 0 N–H and O–H groups in total. The fourth-order valence-electron chi connectivity index (χ4n) is 2.22. The van der Waals surface area contributed by atoms with Gasteiger partial charge in [-0.1, -0.05) is 12.1 Å². The summed E-state index contributed by atoms with van der Waals surface area (Å²) in [6, 6.07) is 12.1. The summed E-state index contributed by atoms with van der Waals surface area (Å²) >= 11 is 0. The molecule has 0 saturated carbocycles. The third-order valence-corrected chi connectivity index (χ3v) is 3.26. The average molecular weight is 294 g/mol. The Kier molecular flexibility index (Phi) is 3.20. The second kappa shape index (κ2) is 5.18. The smallest absolute Gasteiger partial charge is 0.286 e. The molecule has 1 aromatic carbocycles. The molecule has 0 spiro atoms. The largest absolute Gasteiger partial charge is 0.497 e. The molecule has 0 amide bonds. The Hall–Kier alpha value is -3.40. The number of methoxy groups -OCH3 is 1. The number of imidazole rings is 1. The number of ether oxygens (including phenoxy) is 1. The van der Waals surface area contributed by atoms with Crippen molar-refractivity contribution in [2.75, 3.05) is 7.11 Å². The Labute approximate surface area is 125 Å². The van der Waals surface area contributed by atoms with Crippen LogP contribution in [-0.2, 0) is 0 Å². The van der Waals surface area contributed by atoms with E-state index in [0.29, 0.717) is 22.7 Å². The van der Waals surface area contributed by atoms with Gasteiger partial charge in [-0.05, 0) is 18.2 Å². The van der Waals surface area contributed by atoms with Crippen LogP contribution in [0.2, 0.25) is 0 Å². The Bertz CT molecular complexity index is 924. The minimum atomic E-state index is -0.508. The van der Waals surface area contributed by atoms with Crippen LogP contribution < -0.4 is 4.74 Å². The fraction of sp³-hybridized carbons (Fsp3) is 0.0667. The number of aromatic nitrogens is 2. The molecule has 0 saturated heterocycles. The van der Waals surface area contributed by atoms with Gasteiger partial charge in [0.25, 0.3) is 5.69 Å². The molecular formula is C15H10N4O3. The van der Waals surface area contributed by atoms with Crippen LogP contribution in [0.5, 0.6) is 5.75 Å². The van der Waals surface area contributed by atoms with Crippen LogP contribution in [0, 0.1) is 21.4 Å². The molecular weight excluding hydrogens is 284 g/mol. The number of pyridine rings is 1. The molecule has 0 aliphatic rings. The zero-order valence-electron chi connectivity index (χ0n) is 11.6. The zero-order chi connectivity index (χ0) is 15.7. The van der Waals surface area contributed by atoms with Crippen molar-refractivity contribution < 1.29 is 9.66 Å². The van der Waals surface area contributed by atoms with E-state index in [1.807, 2.05) is 0 Å². The molecule has 22 heavy (non-hydrogen) atoms. The lowest BCUT2D eigenvalue weighted by Gasteiger charge is -2.02. The third-order valence-electron chi connectivity index (χ3n) is 3.26. The summed E-state index contributed by atoms with van der Waals surface area (Å²) in [6.07, 6.45) is 1.30. The lowest BCUT2D eigenvalue weighted by molar-refractivity contribution is -0.385. The Morgan fingerprint density at radius 3 is 2.86 bits per heavy atom. The fourth-order valence-corrected chi connectivity index (χ4v) is 2.22. The summed E-state index contributed by atoms with van der Waals surface area (Å²) in [7, 11) is 1.55. The molecule has 0 fully saturated rings. The standard InChI is InChI=1S/C15H10N4O3/c1-22-12-4-2-3-10(7-12)15-13(8-16)18-9-11(19(20)21)5-6-14(18)17-15/h2-7,9H,1H3. The van der Waals surface area contributed by atoms with Gasteiger partial charge >= 0.3 is 0 Å². The summed E-state index contributed by atoms with van der Waals surface area (Å²) in [5.74, 6) is 0.643. The van der Waals surface area contributed by atoms with Gasteiger partial charge in [0.2, 0.25) is 0 Å². The second-order valence-corrected chi connectivity index (χ2v) is 4.53. The quantitative estimate of drug-likeness (QED) is 0.547. The highest BCUT2D eigenvalue weighted by Crippen LogP contribution is 2.28. The molecule has 2 aromatic heterocycles. The van der Waals surface area contributed by atoms with E-state index in [4.69, 9.17) is 4.74 Å². The van der Waals surface area contributed by atoms with Gasteiger partial charge in [0.15, 0.2) is 5.69 Å². The average Bonchev–Trinajstić information content (AvgIpc) is 2.92. The maximum atomic E-state index is 10.9. The van der Waals surface area contributed by atoms with E-state index < -0.39 is 4.92 Å². The van der Waals surface area contributed by atoms with Crippen LogP contribution in [0.25, 0.3) is 16.9 Å². The van der Waals surface area contributed by atoms with Gasteiger partial charge in [-0.15, -0.1) is 0 Å². The van der Waals surface area contributed by atoms with Crippen molar-refractivity contribution in [2.24, 2.45) is 0 Å². The second-order valence-electron chi connectivity index (χ2n) is 4.53. The number of nitrogens with zero attached hydrogens (tertiary/aromatic N) is 4. The van der Waals surface area contributed by atoms with Crippen molar-refractivity contribution in [3.63, 3.8) is 0 Å². The number of rotatable bonds is 3. The molecule has 3 aromatic rings. The van der Waals surface area contributed by atoms with Gasteiger partial charge in [0.1, 0.15) is 23.2 Å². The van der Waals surface area contributed by atoms with E-state index >= 15 is 0 Å². The lowest BCUT2D eigenvalue weighted by atomic mass is 10.1. The molecule has 0 aliphatic heterocycles. The van der Waals surface area contributed by atoms with Crippen molar-refractivity contribution in [3.05, 3.63) is 58.4 Å². The third kappa shape index (κ3) is 2.13. The molecule has 0 aliphatic carbocycles. The highest BCUT2D eigenvalue weighted by Gasteiger charge is 2.16. The first-order chi connectivity index (χ1) is 10.6. The van der Waals surface area contributed by atoms with Gasteiger partial charge < -0.3 is 4.74 Å². The van der Waals surface area contributed by atoms with E-state index in [0.717, 1.165) is 0 Å². The number of hydrogen-bond donors (Lipinski definition) is 0. The summed E-state index contributed by atoms with van der Waals surface area (Å²) in [4.78, 5) is 14.8. The minimum absolute atomic E-state index is 0.0985. The van der Waals surface area contributed by atoms with Gasteiger partial charge in [-0.25, -0.2) is 4.98 Å². The predicted octanol–water partition coefficient (Wildman–Crippen LogP) is 2.79. The molecule has 0 radical (unpaired) electrons. The topological polar surface area (TPSA) is 93.5 Å². The molecule has 7 nitrogen and oxygen atoms in total. The van der Waals surface area contributed by atoms with Gasteiger partial charge in [0.05, 0.1) is 18.2 Å². The molecule has 0 unspecified atom stereocenters. The monoisotopic (exact) mass is 294 g/mol. The van der Waals surface area contributed by atoms with Crippen molar-refractivity contribution >= 4 is 11.3 Å². The molecule has 3 rings (SSSR count). The first-order valence-electron chi connectivity index (χ1n) is 6.35. The summed E-state index contributed by atoms with van der Waals surface area (Å²) in [5, 5.41) is 20.3. The normalized spacial score (nSPS) is 10.4. The maximum Gasteiger partial charge on any atom is 0.286 e. The zero-order valence-corrected chi connectivity index (χ0v) is 11.6. The van der Waals surface area contributed by atoms with Gasteiger partial charge in [-0.3, -0.25) is 14.5 Å². The summed E-state index contributed by atoms with van der Waals surface area (Å²) < 4.78 is 6.59. The van der Waals surface area contributed by atoms with Crippen molar-refractivity contribution in [1.82, 2.24) is 9.38 Å². The van der Waals surface area contributed by atoms with Crippen molar-refractivity contribution in [2.45, 2.75) is 0 Å². The highest BCUT2D eigenvalue weighted by molar-refractivity contribution is 5.71. The van der Waals surface area contributed by atoms with E-state index in [2.05, 4.69) is 11.1 Å². The molecule has 0 atom stereocenters. The summed E-state index contributed by atoms with van der Waals surface area (Å²) in [5.41, 5.74) is 1.79. The predicted molar refractivity (Wildman–Crippen MR) is 78.5 cm³/mol.